The van der Waals surface area contributed by atoms with E-state index < -0.39 is 42.2 Å². The Hall–Kier alpha value is -5.82. The molecule has 3 N–H and O–H groups in total. The van der Waals surface area contributed by atoms with Gasteiger partial charge in [0, 0.05) is 35.7 Å². The van der Waals surface area contributed by atoms with Crippen molar-refractivity contribution >= 4 is 64.1 Å². The highest BCUT2D eigenvalue weighted by Gasteiger charge is 2.46. The molecule has 0 spiro atoms. The molecule has 1 fully saturated rings. The molecular weight excluding hydrogens is 780 g/mol. The molecule has 296 valence electrons. The van der Waals surface area contributed by atoms with Crippen molar-refractivity contribution in [3.63, 3.8) is 0 Å². The first-order chi connectivity index (χ1) is 27.5. The van der Waals surface area contributed by atoms with Crippen LogP contribution in [0.3, 0.4) is 0 Å². The van der Waals surface area contributed by atoms with Crippen LogP contribution in [-0.2, 0) is 30.4 Å². The highest BCUT2D eigenvalue weighted by molar-refractivity contribution is 7.17. The predicted molar refractivity (Wildman–Crippen MR) is 205 cm³/mol. The zero-order valence-electron chi connectivity index (χ0n) is 30.9. The monoisotopic (exact) mass is 816 g/mol. The van der Waals surface area contributed by atoms with Crippen LogP contribution in [0.1, 0.15) is 71.6 Å². The topological polar surface area (TPSA) is 213 Å². The summed E-state index contributed by atoms with van der Waals surface area (Å²) in [5, 5.41) is 17.7. The Morgan fingerprint density at radius 3 is 2.40 bits per heavy atom. The summed E-state index contributed by atoms with van der Waals surface area (Å²) in [4.78, 5) is 82.1. The molecule has 17 nitrogen and oxygen atoms in total. The summed E-state index contributed by atoms with van der Waals surface area (Å²) < 4.78 is 18.7. The number of aliphatic imine (C=N–C) groups is 1. The summed E-state index contributed by atoms with van der Waals surface area (Å²) in [6.07, 6.45) is 0.0244. The maximum absolute atomic E-state index is 13.4. The van der Waals surface area contributed by atoms with Gasteiger partial charge in [-0.05, 0) is 50.1 Å². The lowest BCUT2D eigenvalue weighted by atomic mass is 9.99. The molecule has 0 aliphatic carbocycles. The van der Waals surface area contributed by atoms with Gasteiger partial charge in [0.25, 0.3) is 23.6 Å². The molecule has 57 heavy (non-hydrogen) atoms. The van der Waals surface area contributed by atoms with E-state index in [2.05, 4.69) is 26.1 Å². The molecule has 6 amide bonds. The van der Waals surface area contributed by atoms with Crippen molar-refractivity contribution < 1.29 is 43.0 Å². The zero-order valence-corrected chi connectivity index (χ0v) is 32.5. The molecule has 19 heteroatoms. The number of fused-ring (bicyclic) bond motifs is 4. The number of amides is 6. The number of hydrogen-bond acceptors (Lipinski definition) is 13. The third kappa shape index (κ3) is 8.20. The fraction of sp³-hybridized carbons (Fsp3) is 0.342. The molecule has 5 heterocycles. The second kappa shape index (κ2) is 17.1. The van der Waals surface area contributed by atoms with Gasteiger partial charge in [0.05, 0.1) is 48.1 Å². The number of carbonyl (C=O) groups excluding carboxylic acids is 6. The first-order valence-electron chi connectivity index (χ1n) is 18.1. The van der Waals surface area contributed by atoms with Crippen molar-refractivity contribution in [1.82, 2.24) is 35.6 Å². The molecule has 1 saturated heterocycles. The van der Waals surface area contributed by atoms with Crippen molar-refractivity contribution in [3.8, 4) is 10.8 Å². The lowest BCUT2D eigenvalue weighted by Crippen LogP contribution is -2.54. The Morgan fingerprint density at radius 2 is 1.67 bits per heavy atom. The zero-order chi connectivity index (χ0) is 40.2. The van der Waals surface area contributed by atoms with E-state index in [4.69, 9.17) is 30.8 Å². The van der Waals surface area contributed by atoms with E-state index in [1.807, 2.05) is 42.7 Å². The molecule has 7 rings (SSSR count). The van der Waals surface area contributed by atoms with E-state index in [9.17, 15) is 28.8 Å². The number of piperidine rings is 1. The van der Waals surface area contributed by atoms with Crippen molar-refractivity contribution in [2.75, 3.05) is 46.1 Å². The lowest BCUT2D eigenvalue weighted by Gasteiger charge is -2.27. The molecule has 2 aromatic heterocycles. The molecule has 3 aliphatic rings. The van der Waals surface area contributed by atoms with Crippen LogP contribution < -0.4 is 20.7 Å². The van der Waals surface area contributed by atoms with Gasteiger partial charge in [-0.1, -0.05) is 29.8 Å². The van der Waals surface area contributed by atoms with Crippen LogP contribution >= 0.6 is 22.9 Å². The number of nitrogens with one attached hydrogen (secondary N) is 3. The van der Waals surface area contributed by atoms with Gasteiger partial charge in [0.1, 0.15) is 29.2 Å². The minimum atomic E-state index is -1.11. The Bertz CT molecular complexity index is 2300. The van der Waals surface area contributed by atoms with Gasteiger partial charge >= 0.3 is 0 Å². The Kier molecular flexibility index (Phi) is 11.8. The van der Waals surface area contributed by atoms with E-state index in [1.54, 1.807) is 0 Å². The maximum Gasteiger partial charge on any atom is 0.266 e. The number of hydrogen-bond donors (Lipinski definition) is 3. The van der Waals surface area contributed by atoms with E-state index in [0.717, 1.165) is 32.3 Å². The SMILES string of the molecule is Cc1c(C(=O)NCCOCCOCCNC(=O)COc2cccc3c2C(=O)N(C2CCC(=O)NC2=O)C3=O)sc2c1C(c1ccc(Cl)cc1)=NCc1nnc(C)n1-2. The molecule has 1 atom stereocenters. The number of nitrogens with zero attached hydrogens (tertiary/aromatic N) is 5. The molecule has 0 radical (unpaired) electrons. The van der Waals surface area contributed by atoms with Crippen LogP contribution in [0.2, 0.25) is 5.02 Å². The van der Waals surface area contributed by atoms with Gasteiger partial charge in [-0.3, -0.25) is 48.5 Å². The van der Waals surface area contributed by atoms with Crippen LogP contribution in [0.15, 0.2) is 47.5 Å². The summed E-state index contributed by atoms with van der Waals surface area (Å²) in [7, 11) is 0. The number of aryl methyl sites for hydroxylation is 1. The second-order valence-corrected chi connectivity index (χ2v) is 14.6. The third-order valence-corrected chi connectivity index (χ3v) is 11.0. The number of ether oxygens (including phenoxy) is 3. The fourth-order valence-electron chi connectivity index (χ4n) is 6.70. The molecule has 1 unspecified atom stereocenters. The number of aromatic nitrogens is 3. The van der Waals surface area contributed by atoms with Crippen molar-refractivity contribution in [2.24, 2.45) is 4.99 Å². The molecule has 0 bridgehead atoms. The molecular formula is C38H37ClN8O9S. The minimum absolute atomic E-state index is 0.000273. The summed E-state index contributed by atoms with van der Waals surface area (Å²) >= 11 is 7.50. The molecule has 0 saturated carbocycles. The second-order valence-electron chi connectivity index (χ2n) is 13.2. The Labute approximate surface area is 334 Å². The summed E-state index contributed by atoms with van der Waals surface area (Å²) in [5.41, 5.74) is 3.28. The van der Waals surface area contributed by atoms with Gasteiger partial charge in [-0.2, -0.15) is 0 Å². The summed E-state index contributed by atoms with van der Waals surface area (Å²) in [6.45, 7) is 5.08. The summed E-state index contributed by atoms with van der Waals surface area (Å²) in [5.74, 6) is -1.89. The molecule has 4 aromatic rings. The van der Waals surface area contributed by atoms with Crippen LogP contribution in [-0.4, -0.2) is 113 Å². The van der Waals surface area contributed by atoms with Gasteiger partial charge in [0.2, 0.25) is 11.8 Å². The van der Waals surface area contributed by atoms with E-state index in [-0.39, 0.29) is 75.1 Å². The first-order valence-corrected chi connectivity index (χ1v) is 19.3. The van der Waals surface area contributed by atoms with Crippen LogP contribution in [0.4, 0.5) is 0 Å². The Morgan fingerprint density at radius 1 is 0.930 bits per heavy atom. The van der Waals surface area contributed by atoms with E-state index >= 15 is 0 Å². The first kappa shape index (κ1) is 39.4. The van der Waals surface area contributed by atoms with Crippen LogP contribution in [0.5, 0.6) is 5.75 Å². The van der Waals surface area contributed by atoms with E-state index in [1.165, 1.54) is 29.5 Å². The molecule has 3 aliphatic heterocycles. The number of thiophene rings is 1. The highest BCUT2D eigenvalue weighted by atomic mass is 35.5. The van der Waals surface area contributed by atoms with Gasteiger partial charge in [-0.25, -0.2) is 0 Å². The number of imide groups is 2. The fourth-order valence-corrected chi connectivity index (χ4v) is 8.12. The van der Waals surface area contributed by atoms with Gasteiger partial charge < -0.3 is 24.8 Å². The highest BCUT2D eigenvalue weighted by Crippen LogP contribution is 2.37. The maximum atomic E-state index is 13.4. The number of halogens is 1. The predicted octanol–water partition coefficient (Wildman–Crippen LogP) is 2.31. The van der Waals surface area contributed by atoms with Crippen LogP contribution in [0, 0.1) is 13.8 Å². The van der Waals surface area contributed by atoms with Crippen molar-refractivity contribution in [3.05, 3.63) is 91.8 Å². The normalized spacial score (nSPS) is 16.0. The average Bonchev–Trinajstić information content (AvgIpc) is 3.77. The Balaban J connectivity index is 0.815. The van der Waals surface area contributed by atoms with Crippen molar-refractivity contribution in [1.29, 1.82) is 0 Å². The van der Waals surface area contributed by atoms with Gasteiger partial charge in [-0.15, -0.1) is 21.5 Å². The number of rotatable bonds is 15. The molecule has 2 aromatic carbocycles. The average molecular weight is 817 g/mol. The number of carbonyl (C=O) groups is 6. The lowest BCUT2D eigenvalue weighted by molar-refractivity contribution is -0.136. The van der Waals surface area contributed by atoms with Crippen molar-refractivity contribution in [2.45, 2.75) is 39.3 Å². The van der Waals surface area contributed by atoms with Crippen LogP contribution in [0.25, 0.3) is 5.00 Å². The quantitative estimate of drug-likeness (QED) is 0.117. The largest absolute Gasteiger partial charge is 0.483 e. The summed E-state index contributed by atoms with van der Waals surface area (Å²) in [6, 6.07) is 10.7. The minimum Gasteiger partial charge on any atom is -0.483 e. The van der Waals surface area contributed by atoms with Gasteiger partial charge in [0.15, 0.2) is 12.4 Å². The third-order valence-electron chi connectivity index (χ3n) is 9.42. The van der Waals surface area contributed by atoms with E-state index in [0.29, 0.717) is 28.1 Å². The smallest absolute Gasteiger partial charge is 0.266 e. The number of benzene rings is 2. The standard InChI is InChI=1S/C38H37ClN8O9S/c1-20-30-32(22-6-8-23(39)9-7-22)42-18-27-45-44-21(2)46(27)38(30)57-33(20)35(51)41-13-15-55-17-16-54-14-12-40-29(49)19-56-26-5-3-4-24-31(26)37(53)47(36(24)52)25-10-11-28(48)43-34(25)50/h3-9,25H,10-19H2,1-2H3,(H,40,49)(H,41,51)(H,43,48,50).